The van der Waals surface area contributed by atoms with Gasteiger partial charge in [-0.05, 0) is 19.1 Å². The van der Waals surface area contributed by atoms with E-state index in [9.17, 15) is 0 Å². The van der Waals surface area contributed by atoms with E-state index in [1.807, 2.05) is 0 Å². The molecule has 0 fully saturated rings. The average Bonchev–Trinajstić information content (AvgIpc) is 2.62. The van der Waals surface area contributed by atoms with Crippen LogP contribution in [0.15, 0.2) is 22.6 Å². The highest BCUT2D eigenvalue weighted by molar-refractivity contribution is 6.34. The van der Waals surface area contributed by atoms with Gasteiger partial charge in [0, 0.05) is 0 Å². The summed E-state index contributed by atoms with van der Waals surface area (Å²) < 4.78 is 5.39. The van der Waals surface area contributed by atoms with Crippen molar-refractivity contribution in [2.75, 3.05) is 0 Å². The summed E-state index contributed by atoms with van der Waals surface area (Å²) in [6, 6.07) is 7.40. The van der Waals surface area contributed by atoms with E-state index in [4.69, 9.17) is 21.3 Å². The molecule has 0 aliphatic heterocycles. The summed E-state index contributed by atoms with van der Waals surface area (Å²) in [6.45, 7) is 1.73. The van der Waals surface area contributed by atoms with Gasteiger partial charge in [0.05, 0.1) is 11.1 Å². The first kappa shape index (κ1) is 9.04. The van der Waals surface area contributed by atoms with Gasteiger partial charge in [-0.25, -0.2) is 4.98 Å². The van der Waals surface area contributed by atoms with Gasteiger partial charge in [0.15, 0.2) is 5.58 Å². The lowest BCUT2D eigenvalue weighted by atomic mass is 10.2. The van der Waals surface area contributed by atoms with Crippen molar-refractivity contribution in [2.24, 2.45) is 0 Å². The molecule has 0 aliphatic rings. The largest absolute Gasteiger partial charge is 0.438 e. The molecule has 0 radical (unpaired) electrons. The predicted octanol–water partition coefficient (Wildman–Crippen LogP) is 3.11. The molecule has 1 aromatic carbocycles. The average molecular weight is 207 g/mol. The van der Waals surface area contributed by atoms with E-state index in [1.54, 1.807) is 25.1 Å². The van der Waals surface area contributed by atoms with Crippen LogP contribution in [0.1, 0.15) is 18.7 Å². The zero-order valence-electron chi connectivity index (χ0n) is 7.49. The molecule has 2 aromatic rings. The summed E-state index contributed by atoms with van der Waals surface area (Å²) in [4.78, 5) is 4.17. The maximum absolute atomic E-state index is 8.70. The Balaban J connectivity index is 2.64. The van der Waals surface area contributed by atoms with Gasteiger partial charge >= 0.3 is 0 Å². The third-order valence-corrected chi connectivity index (χ3v) is 2.25. The van der Waals surface area contributed by atoms with Crippen LogP contribution < -0.4 is 0 Å². The van der Waals surface area contributed by atoms with Gasteiger partial charge in [0.1, 0.15) is 11.4 Å². The molecule has 14 heavy (non-hydrogen) atoms. The van der Waals surface area contributed by atoms with E-state index in [-0.39, 0.29) is 5.92 Å². The lowest BCUT2D eigenvalue weighted by Crippen LogP contribution is -1.87. The van der Waals surface area contributed by atoms with Crippen molar-refractivity contribution >= 4 is 22.7 Å². The molecular weight excluding hydrogens is 200 g/mol. The molecule has 0 aliphatic carbocycles. The minimum Gasteiger partial charge on any atom is -0.438 e. The number of benzene rings is 1. The van der Waals surface area contributed by atoms with Crippen LogP contribution in [0, 0.1) is 11.3 Å². The van der Waals surface area contributed by atoms with Crippen molar-refractivity contribution < 1.29 is 4.42 Å². The van der Waals surface area contributed by atoms with Gasteiger partial charge in [-0.2, -0.15) is 5.26 Å². The molecule has 0 spiro atoms. The first-order valence-electron chi connectivity index (χ1n) is 4.17. The van der Waals surface area contributed by atoms with Crippen molar-refractivity contribution in [1.29, 1.82) is 5.26 Å². The summed E-state index contributed by atoms with van der Waals surface area (Å²) >= 11 is 5.90. The van der Waals surface area contributed by atoms with E-state index in [2.05, 4.69) is 11.1 Å². The van der Waals surface area contributed by atoms with Gasteiger partial charge in [-0.15, -0.1) is 0 Å². The number of hydrogen-bond donors (Lipinski definition) is 0. The van der Waals surface area contributed by atoms with Crippen LogP contribution >= 0.6 is 11.6 Å². The van der Waals surface area contributed by atoms with Crippen LogP contribution in [0.4, 0.5) is 0 Å². The summed E-state index contributed by atoms with van der Waals surface area (Å²) in [5.74, 6) is 0.0640. The number of nitrogens with zero attached hydrogens (tertiary/aromatic N) is 2. The Bertz CT molecular complexity index is 512. The molecule has 2 rings (SSSR count). The van der Waals surface area contributed by atoms with Crippen LogP contribution in [0.25, 0.3) is 11.1 Å². The molecule has 0 N–H and O–H groups in total. The van der Waals surface area contributed by atoms with Crippen LogP contribution in [0.2, 0.25) is 5.02 Å². The standard InChI is InChI=1S/C10H7ClN2O/c1-6(5-12)10-13-8-4-2-3-7(11)9(8)14-10/h2-4,6H,1H3. The molecule has 70 valence electrons. The number of hydrogen-bond acceptors (Lipinski definition) is 3. The van der Waals surface area contributed by atoms with Crippen molar-refractivity contribution in [3.63, 3.8) is 0 Å². The monoisotopic (exact) mass is 206 g/mol. The predicted molar refractivity (Wildman–Crippen MR) is 53.0 cm³/mol. The van der Waals surface area contributed by atoms with E-state index < -0.39 is 0 Å². The highest BCUT2D eigenvalue weighted by Gasteiger charge is 2.13. The second-order valence-corrected chi connectivity index (χ2v) is 3.40. The molecule has 0 bridgehead atoms. The summed E-state index contributed by atoms with van der Waals surface area (Å²) in [7, 11) is 0. The highest BCUT2D eigenvalue weighted by atomic mass is 35.5. The van der Waals surface area contributed by atoms with Crippen LogP contribution in [0.5, 0.6) is 0 Å². The molecule has 3 nitrogen and oxygen atoms in total. The molecule has 0 saturated carbocycles. The second-order valence-electron chi connectivity index (χ2n) is 2.99. The molecule has 0 saturated heterocycles. The van der Waals surface area contributed by atoms with E-state index in [1.165, 1.54) is 0 Å². The topological polar surface area (TPSA) is 49.8 Å². The fourth-order valence-electron chi connectivity index (χ4n) is 1.17. The number of oxazole rings is 1. The molecule has 1 aromatic heterocycles. The van der Waals surface area contributed by atoms with Crippen molar-refractivity contribution in [2.45, 2.75) is 12.8 Å². The normalized spacial score (nSPS) is 12.6. The van der Waals surface area contributed by atoms with Crippen LogP contribution in [0.3, 0.4) is 0 Å². The number of halogens is 1. The number of fused-ring (bicyclic) bond motifs is 1. The van der Waals surface area contributed by atoms with E-state index >= 15 is 0 Å². The summed E-state index contributed by atoms with van der Waals surface area (Å²) in [5.41, 5.74) is 1.24. The fraction of sp³-hybridized carbons (Fsp3) is 0.200. The zero-order chi connectivity index (χ0) is 10.1. The van der Waals surface area contributed by atoms with Crippen LogP contribution in [-0.4, -0.2) is 4.98 Å². The minimum absolute atomic E-state index is 0.349. The van der Waals surface area contributed by atoms with E-state index in [0.29, 0.717) is 22.0 Å². The summed E-state index contributed by atoms with van der Waals surface area (Å²) in [5, 5.41) is 9.22. The third-order valence-electron chi connectivity index (χ3n) is 1.95. The first-order chi connectivity index (χ1) is 6.72. The molecule has 4 heteroatoms. The third kappa shape index (κ3) is 1.34. The van der Waals surface area contributed by atoms with Crippen molar-refractivity contribution in [3.8, 4) is 6.07 Å². The quantitative estimate of drug-likeness (QED) is 0.720. The number of para-hydroxylation sites is 1. The Labute approximate surface area is 85.9 Å². The minimum atomic E-state index is -0.349. The number of rotatable bonds is 1. The molecule has 1 atom stereocenters. The Hall–Kier alpha value is -1.53. The van der Waals surface area contributed by atoms with Gasteiger partial charge in [0.25, 0.3) is 0 Å². The lowest BCUT2D eigenvalue weighted by Gasteiger charge is -1.91. The number of aromatic nitrogens is 1. The summed E-state index contributed by atoms with van der Waals surface area (Å²) in [6.07, 6.45) is 0. The Morgan fingerprint density at radius 1 is 1.57 bits per heavy atom. The Morgan fingerprint density at radius 3 is 3.00 bits per heavy atom. The highest BCUT2D eigenvalue weighted by Crippen LogP contribution is 2.26. The van der Waals surface area contributed by atoms with Gasteiger partial charge in [-0.1, -0.05) is 17.7 Å². The van der Waals surface area contributed by atoms with Crippen molar-refractivity contribution in [1.82, 2.24) is 4.98 Å². The molecule has 1 unspecified atom stereocenters. The molecule has 0 amide bonds. The maximum atomic E-state index is 8.70. The molecular formula is C10H7ClN2O. The Kier molecular flexibility index (Phi) is 2.14. The lowest BCUT2D eigenvalue weighted by molar-refractivity contribution is 0.520. The van der Waals surface area contributed by atoms with Crippen LogP contribution in [-0.2, 0) is 0 Å². The van der Waals surface area contributed by atoms with Crippen molar-refractivity contribution in [3.05, 3.63) is 29.1 Å². The van der Waals surface area contributed by atoms with Gasteiger partial charge in [0.2, 0.25) is 5.89 Å². The fourth-order valence-corrected chi connectivity index (χ4v) is 1.38. The second kappa shape index (κ2) is 3.32. The zero-order valence-corrected chi connectivity index (χ0v) is 8.25. The smallest absolute Gasteiger partial charge is 0.212 e. The Morgan fingerprint density at radius 2 is 2.36 bits per heavy atom. The first-order valence-corrected chi connectivity index (χ1v) is 4.54. The van der Waals surface area contributed by atoms with Gasteiger partial charge in [-0.3, -0.25) is 0 Å². The SMILES string of the molecule is CC(C#N)c1nc2cccc(Cl)c2o1. The maximum Gasteiger partial charge on any atom is 0.212 e. The van der Waals surface area contributed by atoms with E-state index in [0.717, 1.165) is 0 Å². The number of nitriles is 1. The molecule has 1 heterocycles. The van der Waals surface area contributed by atoms with Gasteiger partial charge < -0.3 is 4.42 Å².